The van der Waals surface area contributed by atoms with Crippen LogP contribution in [0.15, 0.2) is 48.5 Å². The molecule has 5 heteroatoms. The first-order valence-electron chi connectivity index (χ1n) is 6.99. The second kappa shape index (κ2) is 5.76. The van der Waals surface area contributed by atoms with E-state index in [4.69, 9.17) is 0 Å². The van der Waals surface area contributed by atoms with E-state index in [1.165, 1.54) is 12.1 Å². The number of pyridine rings is 1. The van der Waals surface area contributed by atoms with Gasteiger partial charge in [0.25, 0.3) is 6.43 Å². The summed E-state index contributed by atoms with van der Waals surface area (Å²) in [6.45, 7) is 1.68. The van der Waals surface area contributed by atoms with Crippen LogP contribution < -0.4 is 0 Å². The van der Waals surface area contributed by atoms with Crippen LogP contribution in [-0.2, 0) is 0 Å². The number of aromatic carboxylic acids is 1. The minimum Gasteiger partial charge on any atom is -0.477 e. The fraction of sp³-hybridized carbons (Fsp3) is 0.111. The van der Waals surface area contributed by atoms with Crippen LogP contribution in [0.1, 0.15) is 28.0 Å². The average Bonchev–Trinajstić information content (AvgIpc) is 2.53. The van der Waals surface area contributed by atoms with Gasteiger partial charge in [-0.05, 0) is 30.2 Å². The molecule has 0 aliphatic heterocycles. The molecular formula is C18H13F2NO2. The van der Waals surface area contributed by atoms with Gasteiger partial charge in [0.2, 0.25) is 0 Å². The predicted molar refractivity (Wildman–Crippen MR) is 83.8 cm³/mol. The monoisotopic (exact) mass is 313 g/mol. The van der Waals surface area contributed by atoms with Crippen molar-refractivity contribution in [1.82, 2.24) is 4.98 Å². The molecule has 0 fully saturated rings. The Labute approximate surface area is 131 Å². The van der Waals surface area contributed by atoms with Gasteiger partial charge in [-0.25, -0.2) is 18.6 Å². The molecule has 23 heavy (non-hydrogen) atoms. The zero-order valence-corrected chi connectivity index (χ0v) is 12.3. The Morgan fingerprint density at radius 1 is 1.13 bits per heavy atom. The molecule has 3 aromatic rings. The molecule has 0 spiro atoms. The number of halogens is 2. The molecule has 116 valence electrons. The molecule has 3 rings (SSSR count). The van der Waals surface area contributed by atoms with Crippen LogP contribution >= 0.6 is 0 Å². The second-order valence-electron chi connectivity index (χ2n) is 5.26. The maximum absolute atomic E-state index is 12.9. The van der Waals surface area contributed by atoms with Gasteiger partial charge in [0.1, 0.15) is 0 Å². The fourth-order valence-corrected chi connectivity index (χ4v) is 2.60. The van der Waals surface area contributed by atoms with E-state index < -0.39 is 12.4 Å². The highest BCUT2D eigenvalue weighted by molar-refractivity contribution is 5.97. The molecule has 1 heterocycles. The summed E-state index contributed by atoms with van der Waals surface area (Å²) < 4.78 is 25.8. The van der Waals surface area contributed by atoms with E-state index >= 15 is 0 Å². The summed E-state index contributed by atoms with van der Waals surface area (Å²) in [6, 6.07) is 13.1. The molecule has 1 aromatic heterocycles. The smallest absolute Gasteiger partial charge is 0.354 e. The number of carbonyl (C=O) groups is 1. The highest BCUT2D eigenvalue weighted by Gasteiger charge is 2.14. The molecule has 2 aromatic carbocycles. The zero-order chi connectivity index (χ0) is 16.6. The molecular weight excluding hydrogens is 300 g/mol. The Bertz CT molecular complexity index is 907. The molecule has 0 radical (unpaired) electrons. The van der Waals surface area contributed by atoms with Gasteiger partial charge in [0.15, 0.2) is 5.69 Å². The van der Waals surface area contributed by atoms with Crippen molar-refractivity contribution in [3.63, 3.8) is 0 Å². The third-order valence-electron chi connectivity index (χ3n) is 3.69. The summed E-state index contributed by atoms with van der Waals surface area (Å²) in [5, 5.41) is 10.0. The number of alkyl halides is 2. The van der Waals surface area contributed by atoms with Gasteiger partial charge in [-0.1, -0.05) is 36.4 Å². The summed E-state index contributed by atoms with van der Waals surface area (Å²) in [5.74, 6) is -1.11. The van der Waals surface area contributed by atoms with Gasteiger partial charge in [0, 0.05) is 16.5 Å². The molecule has 0 bridgehead atoms. The number of fused-ring (bicyclic) bond motifs is 1. The van der Waals surface area contributed by atoms with Crippen LogP contribution in [0.2, 0.25) is 0 Å². The molecule has 0 atom stereocenters. The summed E-state index contributed by atoms with van der Waals surface area (Å²) in [7, 11) is 0. The van der Waals surface area contributed by atoms with Crippen molar-refractivity contribution in [2.24, 2.45) is 0 Å². The van der Waals surface area contributed by atoms with E-state index in [0.717, 1.165) is 5.39 Å². The third-order valence-corrected chi connectivity index (χ3v) is 3.69. The first-order chi connectivity index (χ1) is 11.0. The van der Waals surface area contributed by atoms with Crippen LogP contribution in [0.25, 0.3) is 22.0 Å². The quantitative estimate of drug-likeness (QED) is 0.752. The second-order valence-corrected chi connectivity index (χ2v) is 5.26. The van der Waals surface area contributed by atoms with E-state index in [9.17, 15) is 18.7 Å². The number of hydrogen-bond donors (Lipinski definition) is 1. The van der Waals surface area contributed by atoms with Gasteiger partial charge in [0.05, 0.1) is 5.52 Å². The van der Waals surface area contributed by atoms with Crippen molar-refractivity contribution < 1.29 is 18.7 Å². The molecule has 0 saturated heterocycles. The summed E-state index contributed by atoms with van der Waals surface area (Å²) >= 11 is 0. The van der Waals surface area contributed by atoms with Crippen molar-refractivity contribution >= 4 is 16.9 Å². The minimum absolute atomic E-state index is 0.0324. The van der Waals surface area contributed by atoms with E-state index in [1.54, 1.807) is 37.3 Å². The van der Waals surface area contributed by atoms with Crippen molar-refractivity contribution in [1.29, 1.82) is 0 Å². The number of carboxylic acids is 1. The van der Waals surface area contributed by atoms with E-state index in [2.05, 4.69) is 4.98 Å². The first-order valence-corrected chi connectivity index (χ1v) is 6.99. The van der Waals surface area contributed by atoms with E-state index in [0.29, 0.717) is 22.2 Å². The lowest BCUT2D eigenvalue weighted by Crippen LogP contribution is -2.04. The van der Waals surface area contributed by atoms with Gasteiger partial charge in [-0.2, -0.15) is 0 Å². The molecule has 0 aliphatic rings. The summed E-state index contributed by atoms with van der Waals surface area (Å²) in [5.41, 5.74) is 2.15. The van der Waals surface area contributed by atoms with Crippen molar-refractivity contribution in [2.75, 3.05) is 0 Å². The largest absolute Gasteiger partial charge is 0.477 e. The number of hydrogen-bond acceptors (Lipinski definition) is 2. The normalized spacial score (nSPS) is 11.1. The van der Waals surface area contributed by atoms with Gasteiger partial charge in [-0.15, -0.1) is 0 Å². The Balaban J connectivity index is 2.27. The highest BCUT2D eigenvalue weighted by atomic mass is 19.3. The van der Waals surface area contributed by atoms with Crippen LogP contribution in [0, 0.1) is 6.92 Å². The summed E-state index contributed by atoms with van der Waals surface area (Å²) in [4.78, 5) is 15.5. The van der Waals surface area contributed by atoms with Crippen LogP contribution in [0.5, 0.6) is 0 Å². The molecule has 1 N–H and O–H groups in total. The Morgan fingerprint density at radius 2 is 1.87 bits per heavy atom. The lowest BCUT2D eigenvalue weighted by Gasteiger charge is -2.10. The Morgan fingerprint density at radius 3 is 2.57 bits per heavy atom. The van der Waals surface area contributed by atoms with Crippen LogP contribution in [0.4, 0.5) is 8.78 Å². The number of benzene rings is 2. The summed E-state index contributed by atoms with van der Waals surface area (Å²) in [6.07, 6.45) is -2.56. The number of aromatic nitrogens is 1. The molecule has 0 amide bonds. The van der Waals surface area contributed by atoms with Crippen molar-refractivity contribution in [2.45, 2.75) is 13.3 Å². The number of para-hydroxylation sites is 1. The van der Waals surface area contributed by atoms with E-state index in [1.807, 2.05) is 6.07 Å². The number of nitrogens with zero attached hydrogens (tertiary/aromatic N) is 1. The number of rotatable bonds is 3. The van der Waals surface area contributed by atoms with Crippen LogP contribution in [-0.4, -0.2) is 16.1 Å². The topological polar surface area (TPSA) is 50.2 Å². The predicted octanol–water partition coefficient (Wildman–Crippen LogP) is 4.85. The minimum atomic E-state index is -2.56. The fourth-order valence-electron chi connectivity index (χ4n) is 2.60. The van der Waals surface area contributed by atoms with Gasteiger partial charge >= 0.3 is 5.97 Å². The van der Waals surface area contributed by atoms with Crippen molar-refractivity contribution in [3.8, 4) is 11.1 Å². The van der Waals surface area contributed by atoms with Gasteiger partial charge < -0.3 is 5.11 Å². The SMILES string of the molecule is Cc1cc2cccc(-c3cccc(C(F)F)c3)c2nc1C(=O)O. The maximum atomic E-state index is 12.9. The molecule has 0 saturated carbocycles. The van der Waals surface area contributed by atoms with Crippen molar-refractivity contribution in [3.05, 3.63) is 65.4 Å². The average molecular weight is 313 g/mol. The molecule has 3 nitrogen and oxygen atoms in total. The lowest BCUT2D eigenvalue weighted by atomic mass is 9.99. The first kappa shape index (κ1) is 15.1. The molecule has 0 unspecified atom stereocenters. The molecule has 0 aliphatic carbocycles. The Kier molecular flexibility index (Phi) is 3.78. The van der Waals surface area contributed by atoms with E-state index in [-0.39, 0.29) is 11.3 Å². The number of carboxylic acid groups (broad SMARTS) is 1. The van der Waals surface area contributed by atoms with Crippen LogP contribution in [0.3, 0.4) is 0 Å². The zero-order valence-electron chi connectivity index (χ0n) is 12.3. The van der Waals surface area contributed by atoms with Gasteiger partial charge in [-0.3, -0.25) is 0 Å². The standard InChI is InChI=1S/C18H13F2NO2/c1-10-8-12-5-3-7-14(16(12)21-15(10)18(22)23)11-4-2-6-13(9-11)17(19)20/h2-9,17H,1H3,(H,22,23). The third kappa shape index (κ3) is 2.77. The Hall–Kier alpha value is -2.82. The number of aryl methyl sites for hydroxylation is 1. The lowest BCUT2D eigenvalue weighted by molar-refractivity contribution is 0.0690. The highest BCUT2D eigenvalue weighted by Crippen LogP contribution is 2.31. The maximum Gasteiger partial charge on any atom is 0.354 e.